The number of carbonyl (C=O) groups excluding carboxylic acids is 1. The van der Waals surface area contributed by atoms with Crippen molar-refractivity contribution in [3.63, 3.8) is 0 Å². The molecule has 0 bridgehead atoms. The van der Waals surface area contributed by atoms with Crippen LogP contribution in [0.1, 0.15) is 38.8 Å². The molecule has 1 aliphatic rings. The van der Waals surface area contributed by atoms with Crippen molar-refractivity contribution in [3.05, 3.63) is 23.3 Å². The Morgan fingerprint density at radius 2 is 1.84 bits per heavy atom. The Kier molecular flexibility index (Phi) is 6.16. The van der Waals surface area contributed by atoms with E-state index in [-0.39, 0.29) is 11.5 Å². The van der Waals surface area contributed by atoms with E-state index in [9.17, 15) is 9.90 Å². The molecule has 1 saturated heterocycles. The van der Waals surface area contributed by atoms with Crippen LogP contribution in [0.15, 0.2) is 12.1 Å². The lowest BCUT2D eigenvalue weighted by Gasteiger charge is -2.34. The summed E-state index contributed by atoms with van der Waals surface area (Å²) in [6.45, 7) is 11.8. The molecule has 6 nitrogen and oxygen atoms in total. The molecule has 6 heteroatoms. The maximum Gasteiger partial charge on any atom is 0.409 e. The number of methoxy groups -OCH3 is 1. The first-order valence-corrected chi connectivity index (χ1v) is 8.80. The molecule has 25 heavy (non-hydrogen) atoms. The highest BCUT2D eigenvalue weighted by Gasteiger charge is 2.25. The summed E-state index contributed by atoms with van der Waals surface area (Å²) >= 11 is 0. The monoisotopic (exact) mass is 350 g/mol. The summed E-state index contributed by atoms with van der Waals surface area (Å²) in [6, 6.07) is 3.79. The average Bonchev–Trinajstić information content (AvgIpc) is 2.56. The molecule has 0 radical (unpaired) electrons. The molecule has 2 rings (SSSR count). The second-order valence-corrected chi connectivity index (χ2v) is 7.39. The Balaban J connectivity index is 2.10. The van der Waals surface area contributed by atoms with Crippen molar-refractivity contribution in [2.24, 2.45) is 0 Å². The first-order valence-electron chi connectivity index (χ1n) is 8.80. The second-order valence-electron chi connectivity index (χ2n) is 7.39. The number of phenols is 1. The molecule has 0 spiro atoms. The minimum absolute atomic E-state index is 0.171. The zero-order valence-electron chi connectivity index (χ0n) is 16.0. The molecule has 0 aliphatic carbocycles. The highest BCUT2D eigenvalue weighted by atomic mass is 16.6. The predicted molar refractivity (Wildman–Crippen MR) is 97.2 cm³/mol. The number of carbonyl (C=O) groups is 1. The van der Waals surface area contributed by atoms with E-state index in [1.54, 1.807) is 12.0 Å². The van der Waals surface area contributed by atoms with Crippen LogP contribution in [0.2, 0.25) is 0 Å². The van der Waals surface area contributed by atoms with E-state index in [0.29, 0.717) is 32.0 Å². The molecule has 1 aromatic rings. The summed E-state index contributed by atoms with van der Waals surface area (Å²) in [4.78, 5) is 15.7. The maximum absolute atomic E-state index is 11.8. The normalized spacial score (nSPS) is 16.0. The van der Waals surface area contributed by atoms with Gasteiger partial charge >= 0.3 is 6.09 Å². The fraction of sp³-hybridized carbons (Fsp3) is 0.632. The number of ether oxygens (including phenoxy) is 2. The van der Waals surface area contributed by atoms with Crippen molar-refractivity contribution in [2.45, 2.75) is 39.7 Å². The Morgan fingerprint density at radius 3 is 2.36 bits per heavy atom. The highest BCUT2D eigenvalue weighted by Crippen LogP contribution is 2.37. The van der Waals surface area contributed by atoms with E-state index in [2.05, 4.69) is 25.7 Å². The van der Waals surface area contributed by atoms with Crippen LogP contribution in [-0.2, 0) is 16.7 Å². The lowest BCUT2D eigenvalue weighted by molar-refractivity contribution is 0.0776. The van der Waals surface area contributed by atoms with E-state index in [1.807, 2.05) is 19.1 Å². The van der Waals surface area contributed by atoms with Gasteiger partial charge in [0.05, 0.1) is 13.7 Å². The van der Waals surface area contributed by atoms with Crippen molar-refractivity contribution >= 4 is 6.09 Å². The molecule has 1 aliphatic heterocycles. The quantitative estimate of drug-likeness (QED) is 0.904. The molecular formula is C19H30N2O4. The number of aromatic hydroxyl groups is 1. The third-order valence-corrected chi connectivity index (χ3v) is 4.50. The van der Waals surface area contributed by atoms with Crippen molar-refractivity contribution in [1.29, 1.82) is 0 Å². The van der Waals surface area contributed by atoms with Gasteiger partial charge in [-0.2, -0.15) is 0 Å². The number of hydrogen-bond donors (Lipinski definition) is 1. The van der Waals surface area contributed by atoms with Gasteiger partial charge in [-0.25, -0.2) is 4.79 Å². The van der Waals surface area contributed by atoms with Crippen molar-refractivity contribution in [2.75, 3.05) is 39.9 Å². The number of nitrogens with zero attached hydrogens (tertiary/aromatic N) is 2. The van der Waals surface area contributed by atoms with Crippen LogP contribution in [0.3, 0.4) is 0 Å². The SMILES string of the molecule is CCOC(=O)N1CCN(Cc2cc(OC)cc(C(C)(C)C)c2O)CC1. The number of hydrogen-bond acceptors (Lipinski definition) is 5. The lowest BCUT2D eigenvalue weighted by atomic mass is 9.85. The zero-order valence-corrected chi connectivity index (χ0v) is 16.0. The van der Waals surface area contributed by atoms with E-state index in [0.717, 1.165) is 30.0 Å². The van der Waals surface area contributed by atoms with Crippen LogP contribution < -0.4 is 4.74 Å². The summed E-state index contributed by atoms with van der Waals surface area (Å²) in [5.41, 5.74) is 1.57. The lowest BCUT2D eigenvalue weighted by Crippen LogP contribution is -2.48. The minimum atomic E-state index is -0.249. The fourth-order valence-corrected chi connectivity index (χ4v) is 3.02. The van der Waals surface area contributed by atoms with Gasteiger partial charge in [0, 0.05) is 43.9 Å². The first kappa shape index (κ1) is 19.4. The number of amides is 1. The van der Waals surface area contributed by atoms with Crippen LogP contribution >= 0.6 is 0 Å². The molecule has 1 heterocycles. The first-order chi connectivity index (χ1) is 11.8. The molecular weight excluding hydrogens is 320 g/mol. The number of rotatable bonds is 4. The fourth-order valence-electron chi connectivity index (χ4n) is 3.02. The van der Waals surface area contributed by atoms with Crippen molar-refractivity contribution in [3.8, 4) is 11.5 Å². The molecule has 0 unspecified atom stereocenters. The molecule has 1 N–H and O–H groups in total. The van der Waals surface area contributed by atoms with Crippen LogP contribution in [0.4, 0.5) is 4.79 Å². The third kappa shape index (κ3) is 4.78. The number of phenolic OH excluding ortho intramolecular Hbond substituents is 1. The molecule has 1 amide bonds. The third-order valence-electron chi connectivity index (χ3n) is 4.50. The molecule has 0 saturated carbocycles. The van der Waals surface area contributed by atoms with Gasteiger partial charge in [-0.1, -0.05) is 20.8 Å². The minimum Gasteiger partial charge on any atom is -0.507 e. The van der Waals surface area contributed by atoms with Gasteiger partial charge in [-0.3, -0.25) is 4.90 Å². The van der Waals surface area contributed by atoms with Gasteiger partial charge in [0.2, 0.25) is 0 Å². The summed E-state index contributed by atoms with van der Waals surface area (Å²) < 4.78 is 10.5. The molecule has 140 valence electrons. The number of benzene rings is 1. The second kappa shape index (κ2) is 7.95. The van der Waals surface area contributed by atoms with Crippen molar-refractivity contribution < 1.29 is 19.4 Å². The molecule has 1 fully saturated rings. The van der Waals surface area contributed by atoms with E-state index in [1.165, 1.54) is 0 Å². The summed E-state index contributed by atoms with van der Waals surface area (Å²) in [5.74, 6) is 1.09. The van der Waals surface area contributed by atoms with Crippen LogP contribution in [0, 0.1) is 0 Å². The predicted octanol–water partition coefficient (Wildman–Crippen LogP) is 2.97. The standard InChI is InChI=1S/C19H30N2O4/c1-6-25-18(23)21-9-7-20(8-10-21)13-14-11-15(24-5)12-16(17(14)22)19(2,3)4/h11-12,22H,6-10,13H2,1-5H3. The van der Waals surface area contributed by atoms with Gasteiger partial charge in [0.15, 0.2) is 0 Å². The molecule has 0 atom stereocenters. The number of piperazine rings is 1. The molecule has 1 aromatic carbocycles. The topological polar surface area (TPSA) is 62.2 Å². The van der Waals surface area contributed by atoms with Crippen molar-refractivity contribution in [1.82, 2.24) is 9.80 Å². The maximum atomic E-state index is 11.8. The van der Waals surface area contributed by atoms with Gasteiger partial charge in [-0.05, 0) is 24.5 Å². The largest absolute Gasteiger partial charge is 0.507 e. The van der Waals surface area contributed by atoms with Crippen LogP contribution in [0.25, 0.3) is 0 Å². The Hall–Kier alpha value is -1.95. The van der Waals surface area contributed by atoms with Crippen LogP contribution in [0.5, 0.6) is 11.5 Å². The Morgan fingerprint density at radius 1 is 1.20 bits per heavy atom. The van der Waals surface area contributed by atoms with Crippen LogP contribution in [-0.4, -0.2) is 60.9 Å². The van der Waals surface area contributed by atoms with E-state index >= 15 is 0 Å². The summed E-state index contributed by atoms with van der Waals surface area (Å²) in [5, 5.41) is 10.7. The van der Waals surface area contributed by atoms with E-state index in [4.69, 9.17) is 9.47 Å². The van der Waals surface area contributed by atoms with Gasteiger partial charge in [0.25, 0.3) is 0 Å². The Labute approximate surface area is 150 Å². The smallest absolute Gasteiger partial charge is 0.409 e. The van der Waals surface area contributed by atoms with Gasteiger partial charge in [0.1, 0.15) is 11.5 Å². The summed E-state index contributed by atoms with van der Waals surface area (Å²) in [7, 11) is 1.64. The zero-order chi connectivity index (χ0) is 18.6. The molecule has 0 aromatic heterocycles. The highest BCUT2D eigenvalue weighted by molar-refractivity contribution is 5.67. The van der Waals surface area contributed by atoms with Gasteiger partial charge in [-0.15, -0.1) is 0 Å². The summed E-state index contributed by atoms with van der Waals surface area (Å²) in [6.07, 6.45) is -0.249. The van der Waals surface area contributed by atoms with E-state index < -0.39 is 0 Å². The Bertz CT molecular complexity index is 602. The average molecular weight is 350 g/mol. The van der Waals surface area contributed by atoms with Gasteiger partial charge < -0.3 is 19.5 Å².